The monoisotopic (exact) mass is 555 g/mol. The Bertz CT molecular complexity index is 1280. The van der Waals surface area contributed by atoms with Gasteiger partial charge in [0.2, 0.25) is 0 Å². The molecule has 3 aromatic rings. The molecule has 8 heteroatoms. The highest BCUT2D eigenvalue weighted by Gasteiger charge is 2.30. The number of aliphatic carboxylic acids is 1. The number of carboxylic acids is 1. The van der Waals surface area contributed by atoms with Gasteiger partial charge in [0.25, 0.3) is 5.91 Å². The van der Waals surface area contributed by atoms with Gasteiger partial charge < -0.3 is 15.2 Å². The number of aryl methyl sites for hydroxylation is 2. The number of carboxylic acid groups (broad SMARTS) is 1. The van der Waals surface area contributed by atoms with Gasteiger partial charge in [-0.3, -0.25) is 9.59 Å². The zero-order valence-electron chi connectivity index (χ0n) is 23.3. The Kier molecular flexibility index (Phi) is 10.4. The van der Waals surface area contributed by atoms with Gasteiger partial charge in [-0.25, -0.2) is 0 Å². The molecule has 2 N–H and O–H groups in total. The summed E-state index contributed by atoms with van der Waals surface area (Å²) in [6, 6.07) is 16.1. The van der Waals surface area contributed by atoms with Crippen molar-refractivity contribution < 1.29 is 32.6 Å². The fraction of sp³-hybridized carbons (Fsp3) is 0.375. The van der Waals surface area contributed by atoms with Crippen molar-refractivity contribution in [3.05, 3.63) is 88.5 Å². The summed E-state index contributed by atoms with van der Waals surface area (Å²) in [6.45, 7) is 8.22. The second kappa shape index (κ2) is 13.5. The van der Waals surface area contributed by atoms with Crippen LogP contribution < -0.4 is 10.1 Å². The molecular formula is C32H36F3NO4. The summed E-state index contributed by atoms with van der Waals surface area (Å²) in [5, 5.41) is 11.4. The average molecular weight is 556 g/mol. The molecule has 0 spiro atoms. The number of hydrogen-bond acceptors (Lipinski definition) is 3. The summed E-state index contributed by atoms with van der Waals surface area (Å²) < 4.78 is 45.5. The normalized spacial score (nSPS) is 12.3. The van der Waals surface area contributed by atoms with Crippen LogP contribution in [0.2, 0.25) is 0 Å². The first-order chi connectivity index (χ1) is 18.8. The lowest BCUT2D eigenvalue weighted by atomic mass is 9.94. The molecule has 1 amide bonds. The van der Waals surface area contributed by atoms with Crippen LogP contribution in [0, 0.1) is 19.8 Å². The summed E-state index contributed by atoms with van der Waals surface area (Å²) in [5.74, 6) is -0.106. The molecule has 0 saturated heterocycles. The minimum Gasteiger partial charge on any atom is -0.486 e. The van der Waals surface area contributed by atoms with Crippen molar-refractivity contribution in [2.24, 2.45) is 5.92 Å². The summed E-state index contributed by atoms with van der Waals surface area (Å²) in [7, 11) is 0. The van der Waals surface area contributed by atoms with Crippen molar-refractivity contribution in [2.75, 3.05) is 6.54 Å². The van der Waals surface area contributed by atoms with E-state index in [2.05, 4.69) is 19.2 Å². The lowest BCUT2D eigenvalue weighted by Gasteiger charge is -2.22. The number of nitrogens with one attached hydrogen (secondary N) is 1. The lowest BCUT2D eigenvalue weighted by molar-refractivity contribution is -0.138. The van der Waals surface area contributed by atoms with Gasteiger partial charge in [-0.05, 0) is 96.8 Å². The number of alkyl halides is 3. The van der Waals surface area contributed by atoms with E-state index in [1.165, 1.54) is 12.1 Å². The van der Waals surface area contributed by atoms with Crippen molar-refractivity contribution in [3.63, 3.8) is 0 Å². The summed E-state index contributed by atoms with van der Waals surface area (Å²) in [5.41, 5.74) is 4.03. The van der Waals surface area contributed by atoms with Crippen LogP contribution in [-0.4, -0.2) is 23.5 Å². The number of benzene rings is 3. The zero-order valence-corrected chi connectivity index (χ0v) is 23.3. The molecular weight excluding hydrogens is 519 g/mol. The Morgan fingerprint density at radius 1 is 0.925 bits per heavy atom. The third kappa shape index (κ3) is 8.60. The number of rotatable bonds is 12. The van der Waals surface area contributed by atoms with E-state index in [4.69, 9.17) is 9.84 Å². The molecule has 1 atom stereocenters. The highest BCUT2D eigenvalue weighted by molar-refractivity contribution is 5.94. The number of carbonyl (C=O) groups excluding carboxylic acids is 1. The second-order valence-corrected chi connectivity index (χ2v) is 10.5. The fourth-order valence-electron chi connectivity index (χ4n) is 4.68. The first-order valence-electron chi connectivity index (χ1n) is 13.4. The number of carbonyl (C=O) groups is 2. The van der Waals surface area contributed by atoms with E-state index in [1.54, 1.807) is 12.1 Å². The van der Waals surface area contributed by atoms with Gasteiger partial charge in [0, 0.05) is 12.1 Å². The quantitative estimate of drug-likeness (QED) is 0.237. The Hall–Kier alpha value is -3.81. The number of halogens is 3. The Labute approximate surface area is 233 Å². The second-order valence-electron chi connectivity index (χ2n) is 10.5. The maximum Gasteiger partial charge on any atom is 0.416 e. The molecule has 0 aromatic heterocycles. The fourth-order valence-corrected chi connectivity index (χ4v) is 4.68. The van der Waals surface area contributed by atoms with Gasteiger partial charge in [-0.15, -0.1) is 0 Å². The highest BCUT2D eigenvalue weighted by Crippen LogP contribution is 2.36. The Morgan fingerprint density at radius 3 is 2.05 bits per heavy atom. The van der Waals surface area contributed by atoms with Crippen LogP contribution in [0.1, 0.15) is 78.2 Å². The van der Waals surface area contributed by atoms with Gasteiger partial charge in [0.1, 0.15) is 11.9 Å². The first-order valence-corrected chi connectivity index (χ1v) is 13.4. The molecule has 0 bridgehead atoms. The van der Waals surface area contributed by atoms with E-state index in [0.29, 0.717) is 22.8 Å². The first kappa shape index (κ1) is 30.7. The highest BCUT2D eigenvalue weighted by atomic mass is 19.4. The molecule has 0 heterocycles. The van der Waals surface area contributed by atoms with Crippen molar-refractivity contribution in [2.45, 2.75) is 65.7 Å². The largest absolute Gasteiger partial charge is 0.486 e. The van der Waals surface area contributed by atoms with Crippen LogP contribution in [0.15, 0.2) is 60.7 Å². The summed E-state index contributed by atoms with van der Waals surface area (Å²) in [4.78, 5) is 23.0. The van der Waals surface area contributed by atoms with Gasteiger partial charge in [-0.1, -0.05) is 44.5 Å². The lowest BCUT2D eigenvalue weighted by Crippen LogP contribution is -2.26. The molecule has 0 aliphatic rings. The number of ether oxygens (including phenoxy) is 1. The van der Waals surface area contributed by atoms with Crippen LogP contribution >= 0.6 is 0 Å². The minimum absolute atomic E-state index is 0.0536. The zero-order chi connectivity index (χ0) is 29.4. The maximum absolute atomic E-state index is 13.0. The van der Waals surface area contributed by atoms with Crippen molar-refractivity contribution in [1.82, 2.24) is 5.32 Å². The van der Waals surface area contributed by atoms with Crippen LogP contribution in [0.25, 0.3) is 11.1 Å². The van der Waals surface area contributed by atoms with Crippen LogP contribution in [-0.2, 0) is 11.0 Å². The van der Waals surface area contributed by atoms with E-state index >= 15 is 0 Å². The number of amides is 1. The summed E-state index contributed by atoms with van der Waals surface area (Å²) in [6.07, 6.45) is -2.05. The van der Waals surface area contributed by atoms with E-state index < -0.39 is 17.7 Å². The third-order valence-corrected chi connectivity index (χ3v) is 6.70. The van der Waals surface area contributed by atoms with Crippen molar-refractivity contribution >= 4 is 11.9 Å². The van der Waals surface area contributed by atoms with E-state index in [9.17, 15) is 22.8 Å². The van der Waals surface area contributed by atoms with Crippen LogP contribution in [0.3, 0.4) is 0 Å². The predicted octanol–water partition coefficient (Wildman–Crippen LogP) is 8.14. The van der Waals surface area contributed by atoms with Gasteiger partial charge in [-0.2, -0.15) is 13.2 Å². The van der Waals surface area contributed by atoms with Crippen LogP contribution in [0.5, 0.6) is 5.75 Å². The molecule has 0 saturated carbocycles. The Morgan fingerprint density at radius 2 is 1.52 bits per heavy atom. The maximum atomic E-state index is 13.0. The van der Waals surface area contributed by atoms with E-state index in [-0.39, 0.29) is 25.0 Å². The smallest absolute Gasteiger partial charge is 0.416 e. The third-order valence-electron chi connectivity index (χ3n) is 6.70. The molecule has 0 aliphatic carbocycles. The van der Waals surface area contributed by atoms with Crippen molar-refractivity contribution in [1.29, 1.82) is 0 Å². The molecule has 0 radical (unpaired) electrons. The van der Waals surface area contributed by atoms with Crippen molar-refractivity contribution in [3.8, 4) is 16.9 Å². The molecule has 3 aromatic carbocycles. The Balaban J connectivity index is 1.81. The van der Waals surface area contributed by atoms with E-state index in [0.717, 1.165) is 53.6 Å². The average Bonchev–Trinajstić information content (AvgIpc) is 2.87. The van der Waals surface area contributed by atoms with Gasteiger partial charge >= 0.3 is 12.1 Å². The standard InChI is InChI=1S/C32H36F3NO4/c1-20(2)6-5-7-28(23-8-10-25(11-9-23)31(39)36-17-16-29(37)38)40-27-18-21(3)30(22(4)19-27)24-12-14-26(15-13-24)32(33,34)35/h8-15,18-20,28H,5-7,16-17H2,1-4H3,(H,36,39)(H,37,38). The summed E-state index contributed by atoms with van der Waals surface area (Å²) >= 11 is 0. The van der Waals surface area contributed by atoms with Crippen LogP contribution in [0.4, 0.5) is 13.2 Å². The van der Waals surface area contributed by atoms with Gasteiger partial charge in [0.15, 0.2) is 0 Å². The molecule has 40 heavy (non-hydrogen) atoms. The molecule has 5 nitrogen and oxygen atoms in total. The molecule has 0 aliphatic heterocycles. The SMILES string of the molecule is Cc1cc(OC(CCCC(C)C)c2ccc(C(=O)NCCC(=O)O)cc2)cc(C)c1-c1ccc(C(F)(F)F)cc1. The topological polar surface area (TPSA) is 75.6 Å². The molecule has 3 rings (SSSR count). The van der Waals surface area contributed by atoms with E-state index in [1.807, 2.05) is 38.1 Å². The predicted molar refractivity (Wildman–Crippen MR) is 149 cm³/mol. The minimum atomic E-state index is -4.38. The molecule has 0 fully saturated rings. The number of hydrogen-bond donors (Lipinski definition) is 2. The molecule has 1 unspecified atom stereocenters. The van der Waals surface area contributed by atoms with Gasteiger partial charge in [0.05, 0.1) is 12.0 Å². The molecule has 214 valence electrons.